The first-order valence-electron chi connectivity index (χ1n) is 9.05. The molecule has 2 aromatic carbocycles. The minimum absolute atomic E-state index is 0.257. The molecule has 3 heterocycles. The SMILES string of the molecule is Cc1cc([C@H]2N=C(N)Nc3nc4ccccc4n32)c(C)n1-c1ccc(I)cc1. The Bertz CT molecular complexity index is 1230. The Morgan fingerprint density at radius 2 is 1.82 bits per heavy atom. The van der Waals surface area contributed by atoms with E-state index in [1.54, 1.807) is 0 Å². The zero-order chi connectivity index (χ0) is 19.4. The number of hydrogen-bond acceptors (Lipinski definition) is 4. The average Bonchev–Trinajstić information content (AvgIpc) is 3.19. The topological polar surface area (TPSA) is 73.2 Å². The van der Waals surface area contributed by atoms with E-state index >= 15 is 0 Å². The van der Waals surface area contributed by atoms with E-state index in [0.29, 0.717) is 5.96 Å². The van der Waals surface area contributed by atoms with Gasteiger partial charge in [-0.05, 0) is 78.9 Å². The van der Waals surface area contributed by atoms with Crippen molar-refractivity contribution < 1.29 is 0 Å². The van der Waals surface area contributed by atoms with Gasteiger partial charge in [0.05, 0.1) is 11.0 Å². The summed E-state index contributed by atoms with van der Waals surface area (Å²) in [6.45, 7) is 4.25. The summed E-state index contributed by atoms with van der Waals surface area (Å²) in [6, 6.07) is 18.8. The number of fused-ring (bicyclic) bond motifs is 3. The Hall–Kier alpha value is -2.81. The summed E-state index contributed by atoms with van der Waals surface area (Å²) in [4.78, 5) is 9.42. The Morgan fingerprint density at radius 3 is 2.61 bits per heavy atom. The molecule has 0 aliphatic carbocycles. The van der Waals surface area contributed by atoms with E-state index in [1.807, 2.05) is 18.2 Å². The van der Waals surface area contributed by atoms with Crippen LogP contribution in [0.5, 0.6) is 0 Å². The number of rotatable bonds is 2. The normalized spacial score (nSPS) is 16.0. The lowest BCUT2D eigenvalue weighted by molar-refractivity contribution is 0.621. The molecule has 140 valence electrons. The molecule has 0 radical (unpaired) electrons. The maximum absolute atomic E-state index is 6.10. The number of hydrogen-bond donors (Lipinski definition) is 2. The molecule has 7 heteroatoms. The molecule has 6 nitrogen and oxygen atoms in total. The summed E-state index contributed by atoms with van der Waals surface area (Å²) in [7, 11) is 0. The summed E-state index contributed by atoms with van der Waals surface area (Å²) in [6.07, 6.45) is -0.257. The van der Waals surface area contributed by atoms with E-state index in [4.69, 9.17) is 10.7 Å². The van der Waals surface area contributed by atoms with Gasteiger partial charge in [0.15, 0.2) is 12.1 Å². The van der Waals surface area contributed by atoms with Gasteiger partial charge in [-0.2, -0.15) is 0 Å². The molecule has 0 saturated heterocycles. The molecule has 28 heavy (non-hydrogen) atoms. The second-order valence-electron chi connectivity index (χ2n) is 6.95. The molecule has 0 fully saturated rings. The first-order valence-corrected chi connectivity index (χ1v) is 10.1. The van der Waals surface area contributed by atoms with Crippen LogP contribution >= 0.6 is 22.6 Å². The third-order valence-corrected chi connectivity index (χ3v) is 5.89. The lowest BCUT2D eigenvalue weighted by Crippen LogP contribution is -2.31. The van der Waals surface area contributed by atoms with Gasteiger partial charge in [0.2, 0.25) is 5.95 Å². The number of para-hydroxylation sites is 2. The van der Waals surface area contributed by atoms with Crippen molar-refractivity contribution in [1.29, 1.82) is 0 Å². The van der Waals surface area contributed by atoms with Gasteiger partial charge in [-0.25, -0.2) is 9.98 Å². The largest absolute Gasteiger partial charge is 0.370 e. The Balaban J connectivity index is 1.71. The van der Waals surface area contributed by atoms with Gasteiger partial charge in [0, 0.05) is 26.2 Å². The fourth-order valence-electron chi connectivity index (χ4n) is 3.96. The smallest absolute Gasteiger partial charge is 0.212 e. The summed E-state index contributed by atoms with van der Waals surface area (Å²) < 4.78 is 5.60. The van der Waals surface area contributed by atoms with Crippen LogP contribution < -0.4 is 11.1 Å². The van der Waals surface area contributed by atoms with Crippen LogP contribution in [0.1, 0.15) is 23.1 Å². The van der Waals surface area contributed by atoms with Gasteiger partial charge in [-0.1, -0.05) is 12.1 Å². The lowest BCUT2D eigenvalue weighted by atomic mass is 10.1. The van der Waals surface area contributed by atoms with Crippen molar-refractivity contribution in [2.45, 2.75) is 20.0 Å². The number of imidazole rings is 1. The van der Waals surface area contributed by atoms with Crippen LogP contribution in [-0.2, 0) is 0 Å². The number of halogens is 1. The maximum atomic E-state index is 6.10. The highest BCUT2D eigenvalue weighted by Gasteiger charge is 2.28. The molecule has 0 saturated carbocycles. The zero-order valence-corrected chi connectivity index (χ0v) is 17.7. The van der Waals surface area contributed by atoms with Gasteiger partial charge in [0.25, 0.3) is 0 Å². The molecular formula is C21H19IN6. The predicted octanol–water partition coefficient (Wildman–Crippen LogP) is 4.34. The third-order valence-electron chi connectivity index (χ3n) is 5.17. The van der Waals surface area contributed by atoms with Crippen LogP contribution in [-0.4, -0.2) is 20.1 Å². The molecule has 0 spiro atoms. The van der Waals surface area contributed by atoms with Gasteiger partial charge >= 0.3 is 0 Å². The van der Waals surface area contributed by atoms with Crippen LogP contribution in [0, 0.1) is 17.4 Å². The number of aliphatic imine (C=N–C) groups is 1. The van der Waals surface area contributed by atoms with Crippen LogP contribution in [0.15, 0.2) is 59.6 Å². The van der Waals surface area contributed by atoms with Crippen LogP contribution in [0.2, 0.25) is 0 Å². The zero-order valence-electron chi connectivity index (χ0n) is 15.5. The summed E-state index contributed by atoms with van der Waals surface area (Å²) in [5.74, 6) is 1.10. The molecule has 5 rings (SSSR count). The van der Waals surface area contributed by atoms with Crippen LogP contribution in [0.4, 0.5) is 5.95 Å². The van der Waals surface area contributed by atoms with Crippen molar-refractivity contribution in [2.75, 3.05) is 5.32 Å². The number of benzene rings is 2. The van der Waals surface area contributed by atoms with E-state index < -0.39 is 0 Å². The molecule has 0 amide bonds. The molecule has 1 aliphatic heterocycles. The molecule has 0 bridgehead atoms. The second-order valence-corrected chi connectivity index (χ2v) is 8.19. The van der Waals surface area contributed by atoms with Crippen molar-refractivity contribution in [3.05, 3.63) is 75.1 Å². The van der Waals surface area contributed by atoms with E-state index in [9.17, 15) is 0 Å². The maximum Gasteiger partial charge on any atom is 0.212 e. The van der Waals surface area contributed by atoms with Gasteiger partial charge in [-0.15, -0.1) is 0 Å². The van der Waals surface area contributed by atoms with E-state index in [0.717, 1.165) is 39.6 Å². The monoisotopic (exact) mass is 482 g/mol. The minimum atomic E-state index is -0.257. The summed E-state index contributed by atoms with van der Waals surface area (Å²) in [5, 5.41) is 3.10. The Morgan fingerprint density at radius 1 is 1.07 bits per heavy atom. The third kappa shape index (κ3) is 2.61. The van der Waals surface area contributed by atoms with Gasteiger partial charge in [0.1, 0.15) is 0 Å². The molecule has 3 N–H and O–H groups in total. The number of nitrogens with one attached hydrogen (secondary N) is 1. The average molecular weight is 482 g/mol. The summed E-state index contributed by atoms with van der Waals surface area (Å²) in [5.41, 5.74) is 12.6. The number of aryl methyl sites for hydroxylation is 1. The van der Waals surface area contributed by atoms with Crippen molar-refractivity contribution in [3.63, 3.8) is 0 Å². The highest BCUT2D eigenvalue weighted by Crippen LogP contribution is 2.35. The van der Waals surface area contributed by atoms with Crippen molar-refractivity contribution in [2.24, 2.45) is 10.7 Å². The van der Waals surface area contributed by atoms with Gasteiger partial charge in [-0.3, -0.25) is 9.88 Å². The lowest BCUT2D eigenvalue weighted by Gasteiger charge is -2.24. The fourth-order valence-corrected chi connectivity index (χ4v) is 4.32. The van der Waals surface area contributed by atoms with E-state index in [2.05, 4.69) is 92.3 Å². The minimum Gasteiger partial charge on any atom is -0.370 e. The number of guanidine groups is 1. The van der Waals surface area contributed by atoms with Crippen LogP contribution in [0.25, 0.3) is 16.7 Å². The van der Waals surface area contributed by atoms with E-state index in [-0.39, 0.29) is 6.17 Å². The van der Waals surface area contributed by atoms with Crippen molar-refractivity contribution >= 4 is 45.5 Å². The standard InChI is InChI=1S/C21H19IN6/c1-12-11-16(13(2)27(12)15-9-7-14(22)8-10-15)19-25-20(23)26-21-24-17-5-3-4-6-18(17)28(19)21/h3-11,19H,1-2H3,(H3,23,24,25,26)/t19-/m0/s1. The first kappa shape index (κ1) is 17.3. The molecule has 0 unspecified atom stereocenters. The molecular weight excluding hydrogens is 463 g/mol. The van der Waals surface area contributed by atoms with Gasteiger partial charge < -0.3 is 10.3 Å². The molecule has 1 aliphatic rings. The Kier molecular flexibility index (Phi) is 3.94. The number of anilines is 1. The highest BCUT2D eigenvalue weighted by atomic mass is 127. The summed E-state index contributed by atoms with van der Waals surface area (Å²) >= 11 is 2.33. The number of nitrogens with zero attached hydrogens (tertiary/aromatic N) is 4. The predicted molar refractivity (Wildman–Crippen MR) is 121 cm³/mol. The molecule has 1 atom stereocenters. The quantitative estimate of drug-likeness (QED) is 0.418. The molecule has 2 aromatic heterocycles. The first-order chi connectivity index (χ1) is 13.5. The number of aromatic nitrogens is 3. The number of nitrogens with two attached hydrogens (primary N) is 1. The van der Waals surface area contributed by atoms with E-state index in [1.165, 1.54) is 3.57 Å². The second kappa shape index (κ2) is 6.37. The van der Waals surface area contributed by atoms with Crippen molar-refractivity contribution in [1.82, 2.24) is 14.1 Å². The highest BCUT2D eigenvalue weighted by molar-refractivity contribution is 14.1. The molecule has 4 aromatic rings. The van der Waals surface area contributed by atoms with Crippen molar-refractivity contribution in [3.8, 4) is 5.69 Å². The van der Waals surface area contributed by atoms with Crippen LogP contribution in [0.3, 0.4) is 0 Å². The Labute approximate surface area is 176 Å². The fraction of sp³-hybridized carbons (Fsp3) is 0.143.